The molecule has 0 aliphatic heterocycles. The van der Waals surface area contributed by atoms with Crippen LogP contribution in [0, 0.1) is 23.2 Å². The van der Waals surface area contributed by atoms with Crippen molar-refractivity contribution < 1.29 is 23.0 Å². The van der Waals surface area contributed by atoms with Crippen molar-refractivity contribution in [3.05, 3.63) is 36.0 Å². The highest BCUT2D eigenvalue weighted by atomic mass is 19.3. The SMILES string of the molecule is COc1ccc2ncccc2c1C(=O)OCC12C3CCC(CC31)C2(F)F. The molecule has 4 aliphatic carbocycles. The van der Waals surface area contributed by atoms with E-state index in [1.807, 2.05) is 0 Å². The largest absolute Gasteiger partial charge is 0.496 e. The second kappa shape index (κ2) is 5.15. The maximum atomic E-state index is 14.8. The highest BCUT2D eigenvalue weighted by Gasteiger charge is 2.85. The summed E-state index contributed by atoms with van der Waals surface area (Å²) < 4.78 is 40.3. The van der Waals surface area contributed by atoms with Crippen molar-refractivity contribution in [1.29, 1.82) is 0 Å². The summed E-state index contributed by atoms with van der Waals surface area (Å²) in [6.07, 6.45) is 3.61. The topological polar surface area (TPSA) is 48.4 Å². The fourth-order valence-corrected chi connectivity index (χ4v) is 5.53. The van der Waals surface area contributed by atoms with Crippen LogP contribution in [0.2, 0.25) is 0 Å². The number of ether oxygens (including phenoxy) is 2. The molecule has 4 saturated carbocycles. The monoisotopic (exact) mass is 359 g/mol. The molecule has 0 spiro atoms. The Kier molecular flexibility index (Phi) is 3.16. The molecule has 4 aliphatic rings. The molecule has 4 nitrogen and oxygen atoms in total. The molecule has 1 aromatic heterocycles. The molecule has 6 rings (SSSR count). The van der Waals surface area contributed by atoms with E-state index in [4.69, 9.17) is 9.47 Å². The highest BCUT2D eigenvalue weighted by Crippen LogP contribution is 2.81. The van der Waals surface area contributed by atoms with Crippen LogP contribution in [0.25, 0.3) is 10.9 Å². The van der Waals surface area contributed by atoms with E-state index in [1.165, 1.54) is 7.11 Å². The van der Waals surface area contributed by atoms with Gasteiger partial charge in [-0.2, -0.15) is 0 Å². The number of carbonyl (C=O) groups excluding carboxylic acids is 1. The van der Waals surface area contributed by atoms with Crippen molar-refractivity contribution >= 4 is 16.9 Å². The van der Waals surface area contributed by atoms with Gasteiger partial charge in [0, 0.05) is 17.5 Å². The zero-order chi connectivity index (χ0) is 18.1. The number of pyridine rings is 1. The average molecular weight is 359 g/mol. The van der Waals surface area contributed by atoms with E-state index >= 15 is 0 Å². The number of methoxy groups -OCH3 is 1. The Balaban J connectivity index is 1.45. The third-order valence-electron chi connectivity index (χ3n) is 6.81. The van der Waals surface area contributed by atoms with Gasteiger partial charge < -0.3 is 9.47 Å². The van der Waals surface area contributed by atoms with Gasteiger partial charge in [0.15, 0.2) is 0 Å². The summed E-state index contributed by atoms with van der Waals surface area (Å²) in [6.45, 7) is -0.218. The molecule has 136 valence electrons. The van der Waals surface area contributed by atoms with Crippen LogP contribution in [0.15, 0.2) is 30.5 Å². The van der Waals surface area contributed by atoms with E-state index in [1.54, 1.807) is 30.5 Å². The number of carbonyl (C=O) groups is 1. The van der Waals surface area contributed by atoms with Crippen LogP contribution < -0.4 is 4.74 Å². The van der Waals surface area contributed by atoms with Crippen molar-refractivity contribution in [2.75, 3.05) is 13.7 Å². The summed E-state index contributed by atoms with van der Waals surface area (Å²) in [6, 6.07) is 6.88. The molecule has 1 aromatic carbocycles. The fourth-order valence-electron chi connectivity index (χ4n) is 5.53. The summed E-state index contributed by atoms with van der Waals surface area (Å²) in [4.78, 5) is 17.0. The Morgan fingerprint density at radius 3 is 2.81 bits per heavy atom. The molecule has 4 bridgehead atoms. The molecule has 4 atom stereocenters. The van der Waals surface area contributed by atoms with Crippen molar-refractivity contribution in [1.82, 2.24) is 4.98 Å². The van der Waals surface area contributed by atoms with Gasteiger partial charge >= 0.3 is 5.97 Å². The lowest BCUT2D eigenvalue weighted by Crippen LogP contribution is -2.42. The molecule has 0 N–H and O–H groups in total. The van der Waals surface area contributed by atoms with Crippen LogP contribution in [0.5, 0.6) is 5.75 Å². The molecule has 0 saturated heterocycles. The first-order valence-corrected chi connectivity index (χ1v) is 8.97. The first-order chi connectivity index (χ1) is 12.5. The van der Waals surface area contributed by atoms with E-state index in [-0.39, 0.29) is 24.0 Å². The van der Waals surface area contributed by atoms with E-state index in [0.717, 1.165) is 6.42 Å². The van der Waals surface area contributed by atoms with Crippen LogP contribution >= 0.6 is 0 Å². The second-order valence-corrected chi connectivity index (χ2v) is 7.68. The number of nitrogens with zero attached hydrogens (tertiary/aromatic N) is 1. The predicted molar refractivity (Wildman–Crippen MR) is 90.3 cm³/mol. The molecule has 4 fully saturated rings. The molecule has 4 unspecified atom stereocenters. The minimum Gasteiger partial charge on any atom is -0.496 e. The van der Waals surface area contributed by atoms with Gasteiger partial charge in [-0.1, -0.05) is 6.07 Å². The van der Waals surface area contributed by atoms with Gasteiger partial charge in [0.25, 0.3) is 5.92 Å². The lowest BCUT2D eigenvalue weighted by molar-refractivity contribution is -0.142. The normalized spacial score (nSPS) is 33.1. The molecule has 6 heteroatoms. The number of benzene rings is 1. The van der Waals surface area contributed by atoms with Crippen molar-refractivity contribution in [2.24, 2.45) is 23.2 Å². The van der Waals surface area contributed by atoms with Crippen molar-refractivity contribution in [3.8, 4) is 5.75 Å². The minimum atomic E-state index is -2.73. The third kappa shape index (κ3) is 1.82. The summed E-state index contributed by atoms with van der Waals surface area (Å²) in [7, 11) is 1.47. The molecule has 1 heterocycles. The van der Waals surface area contributed by atoms with Crippen LogP contribution in [0.1, 0.15) is 29.6 Å². The highest BCUT2D eigenvalue weighted by molar-refractivity contribution is 6.06. The quantitative estimate of drug-likeness (QED) is 0.772. The number of fused-ring (bicyclic) bond motifs is 2. The average Bonchev–Trinajstić information content (AvgIpc) is 3.28. The Morgan fingerprint density at radius 2 is 2.12 bits per heavy atom. The Morgan fingerprint density at radius 1 is 1.27 bits per heavy atom. The Labute approximate surface area is 149 Å². The van der Waals surface area contributed by atoms with Gasteiger partial charge in [-0.3, -0.25) is 4.98 Å². The lowest BCUT2D eigenvalue weighted by Gasteiger charge is -2.35. The van der Waals surface area contributed by atoms with Gasteiger partial charge in [-0.15, -0.1) is 0 Å². The number of hydrogen-bond acceptors (Lipinski definition) is 4. The number of halogens is 2. The zero-order valence-electron chi connectivity index (χ0n) is 14.4. The van der Waals surface area contributed by atoms with E-state index in [9.17, 15) is 13.6 Å². The zero-order valence-corrected chi connectivity index (χ0v) is 14.4. The first-order valence-electron chi connectivity index (χ1n) is 8.97. The number of alkyl halides is 2. The summed E-state index contributed by atoms with van der Waals surface area (Å²) in [5.74, 6) is -3.55. The Hall–Kier alpha value is -2.24. The predicted octanol–water partition coefficient (Wildman–Crippen LogP) is 4.08. The van der Waals surface area contributed by atoms with Crippen LogP contribution in [0.3, 0.4) is 0 Å². The minimum absolute atomic E-state index is 0.000120. The summed E-state index contributed by atoms with van der Waals surface area (Å²) in [5, 5.41) is 0.599. The number of esters is 1. The lowest BCUT2D eigenvalue weighted by atomic mass is 9.78. The Bertz CT molecular complexity index is 909. The molecule has 26 heavy (non-hydrogen) atoms. The van der Waals surface area contributed by atoms with E-state index in [2.05, 4.69) is 4.98 Å². The number of hydrogen-bond donors (Lipinski definition) is 0. The van der Waals surface area contributed by atoms with Crippen molar-refractivity contribution in [3.63, 3.8) is 0 Å². The maximum absolute atomic E-state index is 14.8. The van der Waals surface area contributed by atoms with Gasteiger partial charge in [0.2, 0.25) is 0 Å². The molecular formula is C20H19F2NO3. The van der Waals surface area contributed by atoms with Crippen LogP contribution in [0.4, 0.5) is 8.78 Å². The number of aromatic nitrogens is 1. The molecule has 0 radical (unpaired) electrons. The van der Waals surface area contributed by atoms with Gasteiger partial charge in [0.1, 0.15) is 17.9 Å². The van der Waals surface area contributed by atoms with Gasteiger partial charge in [-0.25, -0.2) is 13.6 Å². The molecule has 0 amide bonds. The smallest absolute Gasteiger partial charge is 0.342 e. The molecule has 2 aromatic rings. The molecular weight excluding hydrogens is 340 g/mol. The third-order valence-corrected chi connectivity index (χ3v) is 6.81. The summed E-state index contributed by atoms with van der Waals surface area (Å²) in [5.41, 5.74) is -0.257. The van der Waals surface area contributed by atoms with Gasteiger partial charge in [0.05, 0.1) is 18.0 Å². The maximum Gasteiger partial charge on any atom is 0.342 e. The van der Waals surface area contributed by atoms with Crippen LogP contribution in [-0.4, -0.2) is 30.6 Å². The summed E-state index contributed by atoms with van der Waals surface area (Å²) >= 11 is 0. The van der Waals surface area contributed by atoms with E-state index in [0.29, 0.717) is 29.5 Å². The van der Waals surface area contributed by atoms with E-state index < -0.39 is 23.2 Å². The second-order valence-electron chi connectivity index (χ2n) is 7.68. The van der Waals surface area contributed by atoms with Crippen molar-refractivity contribution in [2.45, 2.75) is 25.2 Å². The van der Waals surface area contributed by atoms with Crippen LogP contribution in [-0.2, 0) is 4.74 Å². The fraction of sp³-hybridized carbons (Fsp3) is 0.500. The standard InChI is InChI=1S/C20H19F2NO3/c1-25-16-7-6-15-12(3-2-8-23-15)17(16)18(24)26-10-19-13-5-4-11(9-14(13)19)20(19,21)22/h2-3,6-8,11,13-14H,4-5,9-10H2,1H3. The number of rotatable bonds is 4. The van der Waals surface area contributed by atoms with Gasteiger partial charge in [-0.05, 0) is 49.3 Å². The first kappa shape index (κ1) is 16.0.